The molecule has 0 saturated carbocycles. The number of hydrogen-bond acceptors (Lipinski definition) is 8. The lowest BCUT2D eigenvalue weighted by Gasteiger charge is -2.35. The molecule has 1 aromatic rings. The van der Waals surface area contributed by atoms with Gasteiger partial charge in [0, 0.05) is 18.7 Å². The molecule has 0 aliphatic carbocycles. The molecular formula is C26H41N3O8. The third-order valence-electron chi connectivity index (χ3n) is 5.50. The van der Waals surface area contributed by atoms with Crippen LogP contribution in [0.2, 0.25) is 0 Å². The van der Waals surface area contributed by atoms with Crippen molar-refractivity contribution in [3.05, 3.63) is 29.8 Å². The van der Waals surface area contributed by atoms with Gasteiger partial charge in [-0.2, -0.15) is 0 Å². The van der Waals surface area contributed by atoms with E-state index < -0.39 is 48.2 Å². The van der Waals surface area contributed by atoms with Gasteiger partial charge in [-0.1, -0.05) is 38.5 Å². The van der Waals surface area contributed by atoms with E-state index >= 15 is 0 Å². The highest BCUT2D eigenvalue weighted by Crippen LogP contribution is 2.30. The number of phenolic OH excluding ortho intramolecular Hbond substituents is 1. The van der Waals surface area contributed by atoms with E-state index in [9.17, 15) is 29.4 Å². The fraction of sp³-hybridized carbons (Fsp3) is 0.615. The number of aliphatic hydroxyl groups is 1. The summed E-state index contributed by atoms with van der Waals surface area (Å²) in [4.78, 5) is 52.6. The van der Waals surface area contributed by atoms with Crippen molar-refractivity contribution >= 4 is 23.9 Å². The molecule has 3 atom stereocenters. The number of carbonyl (C=O) groups excluding carboxylic acids is 4. The molecule has 1 rings (SSSR count). The number of hydrogen-bond donors (Lipinski definition) is 4. The molecule has 0 fully saturated rings. The van der Waals surface area contributed by atoms with Gasteiger partial charge in [0.15, 0.2) is 0 Å². The predicted octanol–water partition coefficient (Wildman–Crippen LogP) is 2.26. The number of aromatic hydroxyl groups is 1. The van der Waals surface area contributed by atoms with E-state index in [1.807, 2.05) is 6.92 Å². The molecule has 0 spiro atoms. The summed E-state index contributed by atoms with van der Waals surface area (Å²) in [6, 6.07) is 3.60. The molecule has 1 aromatic carbocycles. The van der Waals surface area contributed by atoms with Crippen molar-refractivity contribution in [2.45, 2.75) is 72.1 Å². The Morgan fingerprint density at radius 2 is 1.76 bits per heavy atom. The summed E-state index contributed by atoms with van der Waals surface area (Å²) in [5.41, 5.74) is -0.673. The smallest absolute Gasteiger partial charge is 0.408 e. The second kappa shape index (κ2) is 15.0. The monoisotopic (exact) mass is 523 g/mol. The van der Waals surface area contributed by atoms with Crippen LogP contribution in [0.3, 0.4) is 0 Å². The molecule has 11 heteroatoms. The lowest BCUT2D eigenvalue weighted by molar-refractivity contribution is -0.145. The van der Waals surface area contributed by atoms with Crippen molar-refractivity contribution < 1.29 is 38.9 Å². The van der Waals surface area contributed by atoms with Crippen LogP contribution in [0, 0.1) is 5.92 Å². The molecule has 3 amide bonds. The van der Waals surface area contributed by atoms with Gasteiger partial charge in [-0.25, -0.2) is 4.79 Å². The van der Waals surface area contributed by atoms with Crippen LogP contribution in [0.1, 0.15) is 66.0 Å². The Bertz CT molecular complexity index is 915. The summed E-state index contributed by atoms with van der Waals surface area (Å²) < 4.78 is 10.2. The van der Waals surface area contributed by atoms with Crippen molar-refractivity contribution in [2.75, 3.05) is 26.3 Å². The number of esters is 1. The minimum absolute atomic E-state index is 0.0616. The maximum atomic E-state index is 13.8. The molecule has 37 heavy (non-hydrogen) atoms. The van der Waals surface area contributed by atoms with Crippen LogP contribution >= 0.6 is 0 Å². The van der Waals surface area contributed by atoms with E-state index in [4.69, 9.17) is 9.47 Å². The summed E-state index contributed by atoms with van der Waals surface area (Å²) in [7, 11) is 0. The van der Waals surface area contributed by atoms with Crippen LogP contribution < -0.4 is 10.6 Å². The van der Waals surface area contributed by atoms with E-state index in [1.54, 1.807) is 46.8 Å². The van der Waals surface area contributed by atoms with Crippen molar-refractivity contribution in [2.24, 2.45) is 5.92 Å². The van der Waals surface area contributed by atoms with Gasteiger partial charge >= 0.3 is 12.1 Å². The van der Waals surface area contributed by atoms with Crippen LogP contribution in [-0.4, -0.2) is 76.9 Å². The SMILES string of the molecule is CCOC(=O)CCNC(=O)C(c1ccccc1O)N(CCO)C(=O)C(NC(=O)OC(C)(C)C)C(C)CC. The first-order chi connectivity index (χ1) is 17.4. The Hall–Kier alpha value is -3.34. The van der Waals surface area contributed by atoms with Gasteiger partial charge in [-0.15, -0.1) is 0 Å². The van der Waals surface area contributed by atoms with Gasteiger partial charge in [0.1, 0.15) is 23.4 Å². The van der Waals surface area contributed by atoms with Gasteiger partial charge in [0.2, 0.25) is 11.8 Å². The first-order valence-corrected chi connectivity index (χ1v) is 12.5. The average molecular weight is 524 g/mol. The van der Waals surface area contributed by atoms with Crippen LogP contribution in [-0.2, 0) is 23.9 Å². The summed E-state index contributed by atoms with van der Waals surface area (Å²) in [5, 5.41) is 25.5. The standard InChI is InChI=1S/C26H41N3O8/c1-7-17(3)21(28-25(35)37-26(4,5)6)24(34)29(15-16-30)22(18-11-9-10-12-19(18)31)23(33)27-14-13-20(32)36-8-2/h9-12,17,21-22,30-31H,7-8,13-16H2,1-6H3,(H,27,33)(H,28,35). The molecule has 0 aliphatic rings. The molecule has 3 unspecified atom stereocenters. The normalized spacial score (nSPS) is 13.6. The average Bonchev–Trinajstić information content (AvgIpc) is 2.81. The van der Waals surface area contributed by atoms with Crippen molar-refractivity contribution in [1.29, 1.82) is 0 Å². The Balaban J connectivity index is 3.38. The minimum Gasteiger partial charge on any atom is -0.508 e. The molecule has 11 nitrogen and oxygen atoms in total. The van der Waals surface area contributed by atoms with E-state index in [-0.39, 0.29) is 43.3 Å². The zero-order valence-corrected chi connectivity index (χ0v) is 22.6. The quantitative estimate of drug-likeness (QED) is 0.287. The Kier molecular flexibility index (Phi) is 12.9. The zero-order valence-electron chi connectivity index (χ0n) is 22.6. The lowest BCUT2D eigenvalue weighted by atomic mass is 9.95. The van der Waals surface area contributed by atoms with E-state index in [0.29, 0.717) is 6.42 Å². The van der Waals surface area contributed by atoms with Gasteiger partial charge in [-0.3, -0.25) is 14.4 Å². The van der Waals surface area contributed by atoms with Crippen LogP contribution in [0.5, 0.6) is 5.75 Å². The number of aliphatic hydroxyl groups excluding tert-OH is 1. The van der Waals surface area contributed by atoms with E-state index in [2.05, 4.69) is 10.6 Å². The first kappa shape index (κ1) is 31.7. The molecule has 0 aromatic heterocycles. The Labute approximate surface area is 218 Å². The second-order valence-corrected chi connectivity index (χ2v) is 9.57. The highest BCUT2D eigenvalue weighted by molar-refractivity contribution is 5.92. The number of para-hydroxylation sites is 1. The molecule has 208 valence electrons. The van der Waals surface area contributed by atoms with Crippen LogP contribution in [0.4, 0.5) is 4.79 Å². The highest BCUT2D eigenvalue weighted by Gasteiger charge is 2.38. The van der Waals surface area contributed by atoms with Gasteiger partial charge in [0.05, 0.1) is 19.6 Å². The van der Waals surface area contributed by atoms with E-state index in [0.717, 1.165) is 4.90 Å². The number of alkyl carbamates (subject to hydrolysis) is 1. The second-order valence-electron chi connectivity index (χ2n) is 9.57. The zero-order chi connectivity index (χ0) is 28.2. The van der Waals surface area contributed by atoms with Crippen LogP contribution in [0.25, 0.3) is 0 Å². The molecular weight excluding hydrogens is 482 g/mol. The van der Waals surface area contributed by atoms with Gasteiger partial charge in [0.25, 0.3) is 0 Å². The maximum Gasteiger partial charge on any atom is 0.408 e. The number of nitrogens with zero attached hydrogens (tertiary/aromatic N) is 1. The largest absolute Gasteiger partial charge is 0.508 e. The number of phenols is 1. The highest BCUT2D eigenvalue weighted by atomic mass is 16.6. The number of benzene rings is 1. The number of amides is 3. The molecule has 4 N–H and O–H groups in total. The van der Waals surface area contributed by atoms with E-state index in [1.165, 1.54) is 12.1 Å². The summed E-state index contributed by atoms with van der Waals surface area (Å²) in [6.07, 6.45) is -0.365. The fourth-order valence-electron chi connectivity index (χ4n) is 3.56. The number of ether oxygens (including phenoxy) is 2. The lowest BCUT2D eigenvalue weighted by Crippen LogP contribution is -2.55. The molecule has 0 bridgehead atoms. The van der Waals surface area contributed by atoms with Crippen LogP contribution in [0.15, 0.2) is 24.3 Å². The Morgan fingerprint density at radius 1 is 1.11 bits per heavy atom. The molecule has 0 aliphatic heterocycles. The van der Waals surface area contributed by atoms with Gasteiger partial charge < -0.3 is 35.2 Å². The number of rotatable bonds is 13. The maximum absolute atomic E-state index is 13.8. The molecule has 0 radical (unpaired) electrons. The van der Waals surface area contributed by atoms with Crippen molar-refractivity contribution in [3.63, 3.8) is 0 Å². The summed E-state index contributed by atoms with van der Waals surface area (Å²) >= 11 is 0. The number of nitrogens with one attached hydrogen (secondary N) is 2. The fourth-order valence-corrected chi connectivity index (χ4v) is 3.56. The summed E-state index contributed by atoms with van der Waals surface area (Å²) in [6.45, 7) is 9.77. The third kappa shape index (κ3) is 10.3. The van der Waals surface area contributed by atoms with Crippen molar-refractivity contribution in [1.82, 2.24) is 15.5 Å². The topological polar surface area (TPSA) is 154 Å². The van der Waals surface area contributed by atoms with Gasteiger partial charge in [-0.05, 0) is 39.7 Å². The molecule has 0 heterocycles. The number of carbonyl (C=O) groups is 4. The first-order valence-electron chi connectivity index (χ1n) is 12.5. The minimum atomic E-state index is -1.35. The third-order valence-corrected chi connectivity index (χ3v) is 5.50. The predicted molar refractivity (Wildman–Crippen MR) is 137 cm³/mol. The Morgan fingerprint density at radius 3 is 2.30 bits per heavy atom. The molecule has 0 saturated heterocycles. The van der Waals surface area contributed by atoms with Crippen molar-refractivity contribution in [3.8, 4) is 5.75 Å². The summed E-state index contributed by atoms with van der Waals surface area (Å²) in [5.74, 6) is -2.39.